The number of hydrogen-bond acceptors (Lipinski definition) is 5. The van der Waals surface area contributed by atoms with Crippen molar-refractivity contribution < 1.29 is 4.74 Å². The van der Waals surface area contributed by atoms with Crippen LogP contribution in [0.3, 0.4) is 0 Å². The maximum absolute atomic E-state index is 5.50. The summed E-state index contributed by atoms with van der Waals surface area (Å²) in [7, 11) is 0. The van der Waals surface area contributed by atoms with Crippen molar-refractivity contribution in [2.75, 3.05) is 63.9 Å². The number of aromatic nitrogens is 1. The Balaban J connectivity index is 1.38. The van der Waals surface area contributed by atoms with Gasteiger partial charge in [0.05, 0.1) is 19.8 Å². The summed E-state index contributed by atoms with van der Waals surface area (Å²) < 4.78 is 5.50. The summed E-state index contributed by atoms with van der Waals surface area (Å²) in [5.74, 6) is 2.04. The Bertz CT molecular complexity index is 829. The summed E-state index contributed by atoms with van der Waals surface area (Å²) in [6, 6.07) is 14.9. The van der Waals surface area contributed by atoms with Crippen LogP contribution in [0.25, 0.3) is 0 Å². The third-order valence-corrected chi connectivity index (χ3v) is 5.83. The van der Waals surface area contributed by atoms with Crippen molar-refractivity contribution in [1.29, 1.82) is 0 Å². The number of hydrogen-bond donors (Lipinski definition) is 1. The highest BCUT2D eigenvalue weighted by Gasteiger charge is 2.20. The topological polar surface area (TPSA) is 56.2 Å². The van der Waals surface area contributed by atoms with Crippen LogP contribution in [-0.2, 0) is 17.8 Å². The van der Waals surface area contributed by atoms with Gasteiger partial charge in [-0.05, 0) is 18.6 Å². The molecule has 0 amide bonds. The SMILES string of the molecule is CCNC(=NCc1cccnc1N1CCOCC1)N1CCN(Cc2ccccc2)CC1. The normalized spacial score (nSPS) is 18.3. The third kappa shape index (κ3) is 5.95. The number of anilines is 1. The zero-order valence-electron chi connectivity index (χ0n) is 18.5. The van der Waals surface area contributed by atoms with Gasteiger partial charge in [0.2, 0.25) is 0 Å². The van der Waals surface area contributed by atoms with E-state index < -0.39 is 0 Å². The third-order valence-electron chi connectivity index (χ3n) is 5.83. The maximum Gasteiger partial charge on any atom is 0.194 e. The molecule has 2 fully saturated rings. The second kappa shape index (κ2) is 11.1. The summed E-state index contributed by atoms with van der Waals surface area (Å²) in [4.78, 5) is 16.9. The molecule has 1 aromatic carbocycles. The van der Waals surface area contributed by atoms with E-state index in [0.717, 1.165) is 77.3 Å². The van der Waals surface area contributed by atoms with E-state index in [-0.39, 0.29) is 0 Å². The first-order chi connectivity index (χ1) is 15.3. The molecule has 4 rings (SSSR count). The zero-order chi connectivity index (χ0) is 21.3. The van der Waals surface area contributed by atoms with Crippen LogP contribution in [0.4, 0.5) is 5.82 Å². The summed E-state index contributed by atoms with van der Waals surface area (Å²) >= 11 is 0. The molecular weight excluding hydrogens is 388 g/mol. The van der Waals surface area contributed by atoms with Crippen LogP contribution in [0.1, 0.15) is 18.1 Å². The standard InChI is InChI=1S/C24H34N6O/c1-2-25-24(30-13-11-28(12-14-30)20-21-7-4-3-5-8-21)27-19-22-9-6-10-26-23(22)29-15-17-31-18-16-29/h3-10H,2,11-20H2,1H3,(H,25,27). The predicted octanol–water partition coefficient (Wildman–Crippen LogP) is 2.20. The van der Waals surface area contributed by atoms with Crippen molar-refractivity contribution in [2.24, 2.45) is 4.99 Å². The van der Waals surface area contributed by atoms with Crippen molar-refractivity contribution in [3.8, 4) is 0 Å². The molecule has 0 unspecified atom stereocenters. The quantitative estimate of drug-likeness (QED) is 0.569. The van der Waals surface area contributed by atoms with Crippen LogP contribution >= 0.6 is 0 Å². The lowest BCUT2D eigenvalue weighted by molar-refractivity contribution is 0.122. The van der Waals surface area contributed by atoms with Crippen molar-refractivity contribution in [3.05, 3.63) is 59.8 Å². The Morgan fingerprint density at radius 3 is 2.52 bits per heavy atom. The smallest absolute Gasteiger partial charge is 0.194 e. The van der Waals surface area contributed by atoms with Crippen molar-refractivity contribution >= 4 is 11.8 Å². The molecule has 0 bridgehead atoms. The minimum atomic E-state index is 0.632. The second-order valence-electron chi connectivity index (χ2n) is 8.00. The number of morpholine rings is 1. The van der Waals surface area contributed by atoms with Gasteiger partial charge in [-0.15, -0.1) is 0 Å². The van der Waals surface area contributed by atoms with E-state index in [4.69, 9.17) is 9.73 Å². The Kier molecular flexibility index (Phi) is 7.74. The maximum atomic E-state index is 5.50. The lowest BCUT2D eigenvalue weighted by Crippen LogP contribution is -2.52. The number of benzene rings is 1. The number of ether oxygens (including phenoxy) is 1. The van der Waals surface area contributed by atoms with E-state index in [2.05, 4.69) is 68.3 Å². The van der Waals surface area contributed by atoms with Crippen LogP contribution in [0.5, 0.6) is 0 Å². The summed E-state index contributed by atoms with van der Waals surface area (Å²) in [5, 5.41) is 3.49. The second-order valence-corrected chi connectivity index (χ2v) is 8.00. The fourth-order valence-corrected chi connectivity index (χ4v) is 4.16. The van der Waals surface area contributed by atoms with Crippen LogP contribution in [0.2, 0.25) is 0 Å². The molecule has 0 atom stereocenters. The number of piperazine rings is 1. The Morgan fingerprint density at radius 1 is 1.00 bits per heavy atom. The molecule has 2 saturated heterocycles. The minimum Gasteiger partial charge on any atom is -0.378 e. The summed E-state index contributed by atoms with van der Waals surface area (Å²) in [6.45, 7) is 12.0. The van der Waals surface area contributed by atoms with Gasteiger partial charge in [-0.1, -0.05) is 36.4 Å². The highest BCUT2D eigenvalue weighted by atomic mass is 16.5. The highest BCUT2D eigenvalue weighted by molar-refractivity contribution is 5.80. The van der Waals surface area contributed by atoms with E-state index in [1.165, 1.54) is 11.1 Å². The van der Waals surface area contributed by atoms with Crippen LogP contribution in [-0.4, -0.2) is 79.8 Å². The average Bonchev–Trinajstić information content (AvgIpc) is 2.84. The van der Waals surface area contributed by atoms with Crippen LogP contribution in [0, 0.1) is 0 Å². The highest BCUT2D eigenvalue weighted by Crippen LogP contribution is 2.19. The van der Waals surface area contributed by atoms with Gasteiger partial charge < -0.3 is 19.9 Å². The summed E-state index contributed by atoms with van der Waals surface area (Å²) in [5.41, 5.74) is 2.55. The molecule has 1 N–H and O–H groups in total. The molecule has 2 aromatic rings. The van der Waals surface area contributed by atoms with E-state index in [1.54, 1.807) is 0 Å². The molecule has 7 heteroatoms. The molecule has 1 aromatic heterocycles. The van der Waals surface area contributed by atoms with Crippen molar-refractivity contribution in [2.45, 2.75) is 20.0 Å². The number of nitrogens with zero attached hydrogens (tertiary/aromatic N) is 5. The summed E-state index contributed by atoms with van der Waals surface area (Å²) in [6.07, 6.45) is 1.87. The molecule has 166 valence electrons. The van der Waals surface area contributed by atoms with E-state index in [9.17, 15) is 0 Å². The van der Waals surface area contributed by atoms with Gasteiger partial charge in [0.15, 0.2) is 5.96 Å². The Hall–Kier alpha value is -2.64. The number of guanidine groups is 1. The van der Waals surface area contributed by atoms with E-state index >= 15 is 0 Å². The fourth-order valence-electron chi connectivity index (χ4n) is 4.16. The largest absolute Gasteiger partial charge is 0.378 e. The lowest BCUT2D eigenvalue weighted by atomic mass is 10.2. The van der Waals surface area contributed by atoms with Gasteiger partial charge in [-0.25, -0.2) is 9.98 Å². The molecule has 0 saturated carbocycles. The van der Waals surface area contributed by atoms with Gasteiger partial charge in [0, 0.05) is 64.1 Å². The zero-order valence-corrected chi connectivity index (χ0v) is 18.5. The first-order valence-corrected chi connectivity index (χ1v) is 11.4. The number of aliphatic imine (C=N–C) groups is 1. The van der Waals surface area contributed by atoms with Crippen molar-refractivity contribution in [3.63, 3.8) is 0 Å². The molecule has 0 spiro atoms. The Labute approximate surface area is 185 Å². The molecule has 2 aliphatic rings. The Morgan fingerprint density at radius 2 is 1.77 bits per heavy atom. The van der Waals surface area contributed by atoms with Gasteiger partial charge in [-0.2, -0.15) is 0 Å². The van der Waals surface area contributed by atoms with Gasteiger partial charge in [0.25, 0.3) is 0 Å². The number of nitrogens with one attached hydrogen (secondary N) is 1. The first kappa shape index (κ1) is 21.6. The molecule has 0 aliphatic carbocycles. The molecular formula is C24H34N6O. The van der Waals surface area contributed by atoms with E-state index in [0.29, 0.717) is 6.54 Å². The number of rotatable bonds is 6. The van der Waals surface area contributed by atoms with Gasteiger partial charge in [0.1, 0.15) is 5.82 Å². The van der Waals surface area contributed by atoms with Crippen LogP contribution in [0.15, 0.2) is 53.7 Å². The molecule has 7 nitrogen and oxygen atoms in total. The van der Waals surface area contributed by atoms with E-state index in [1.807, 2.05) is 12.3 Å². The molecule has 2 aliphatic heterocycles. The molecule has 3 heterocycles. The van der Waals surface area contributed by atoms with Crippen molar-refractivity contribution in [1.82, 2.24) is 20.1 Å². The minimum absolute atomic E-state index is 0.632. The van der Waals surface area contributed by atoms with Gasteiger partial charge >= 0.3 is 0 Å². The van der Waals surface area contributed by atoms with Gasteiger partial charge in [-0.3, -0.25) is 4.90 Å². The lowest BCUT2D eigenvalue weighted by Gasteiger charge is -2.36. The molecule has 31 heavy (non-hydrogen) atoms. The predicted molar refractivity (Wildman–Crippen MR) is 125 cm³/mol. The van der Waals surface area contributed by atoms with Crippen LogP contribution < -0.4 is 10.2 Å². The number of pyridine rings is 1. The first-order valence-electron chi connectivity index (χ1n) is 11.4. The fraction of sp³-hybridized carbons (Fsp3) is 0.500. The monoisotopic (exact) mass is 422 g/mol. The molecule has 0 radical (unpaired) electrons. The average molecular weight is 423 g/mol.